The van der Waals surface area contributed by atoms with Gasteiger partial charge in [0, 0.05) is 32.4 Å². The lowest BCUT2D eigenvalue weighted by Crippen LogP contribution is -2.28. The summed E-state index contributed by atoms with van der Waals surface area (Å²) in [6.45, 7) is 3.74. The van der Waals surface area contributed by atoms with Gasteiger partial charge in [0.15, 0.2) is 0 Å². The van der Waals surface area contributed by atoms with E-state index in [0.29, 0.717) is 0 Å². The summed E-state index contributed by atoms with van der Waals surface area (Å²) < 4.78 is 0. The number of benzene rings is 1. The smallest absolute Gasteiger partial charge is 0.102 e. The van der Waals surface area contributed by atoms with Crippen molar-refractivity contribution in [2.45, 2.75) is 13.1 Å². The summed E-state index contributed by atoms with van der Waals surface area (Å²) >= 11 is 0. The molecule has 3 rings (SSSR count). The van der Waals surface area contributed by atoms with Crippen LogP contribution in [-0.2, 0) is 20.1 Å². The fourth-order valence-electron chi connectivity index (χ4n) is 2.35. The summed E-state index contributed by atoms with van der Waals surface area (Å²) in [6.07, 6.45) is 1.83. The first-order valence-corrected chi connectivity index (χ1v) is 6.22. The maximum absolute atomic E-state index is 4.35. The zero-order chi connectivity index (χ0) is 12.4. The number of anilines is 1. The first-order chi connectivity index (χ1) is 8.83. The van der Waals surface area contributed by atoms with Crippen molar-refractivity contribution in [3.05, 3.63) is 41.7 Å². The molecule has 1 aliphatic rings. The molecule has 0 saturated heterocycles. The van der Waals surface area contributed by atoms with Gasteiger partial charge < -0.3 is 10.2 Å². The standard InChI is InChI=1S/C13H17N5/c1-17-15-9-12(16-17)10-18-7-6-14-8-11-4-2-3-5-13(11)18/h2-5,9,14H,6-8,10H2,1H3. The summed E-state index contributed by atoms with van der Waals surface area (Å²) in [5.74, 6) is 0. The van der Waals surface area contributed by atoms with Gasteiger partial charge in [0.2, 0.25) is 0 Å². The lowest BCUT2D eigenvalue weighted by Gasteiger charge is -2.23. The predicted octanol–water partition coefficient (Wildman–Crippen LogP) is 0.925. The summed E-state index contributed by atoms with van der Waals surface area (Å²) in [5.41, 5.74) is 3.65. The fraction of sp³-hybridized carbons (Fsp3) is 0.385. The second kappa shape index (κ2) is 4.78. The molecule has 5 heteroatoms. The fourth-order valence-corrected chi connectivity index (χ4v) is 2.35. The quantitative estimate of drug-likeness (QED) is 0.852. The predicted molar refractivity (Wildman–Crippen MR) is 70.2 cm³/mol. The third-order valence-electron chi connectivity index (χ3n) is 3.21. The Morgan fingerprint density at radius 3 is 3.06 bits per heavy atom. The van der Waals surface area contributed by atoms with E-state index in [9.17, 15) is 0 Å². The minimum absolute atomic E-state index is 0.812. The van der Waals surface area contributed by atoms with Crippen LogP contribution in [0.2, 0.25) is 0 Å². The van der Waals surface area contributed by atoms with E-state index in [2.05, 4.69) is 44.7 Å². The van der Waals surface area contributed by atoms with Crippen LogP contribution < -0.4 is 10.2 Å². The molecule has 1 N–H and O–H groups in total. The molecular weight excluding hydrogens is 226 g/mol. The average molecular weight is 243 g/mol. The Labute approximate surface area is 106 Å². The molecule has 0 atom stereocenters. The molecule has 0 aliphatic carbocycles. The van der Waals surface area contributed by atoms with Gasteiger partial charge in [-0.2, -0.15) is 15.0 Å². The highest BCUT2D eigenvalue weighted by Crippen LogP contribution is 2.23. The minimum atomic E-state index is 0.812. The van der Waals surface area contributed by atoms with Crippen LogP contribution in [0, 0.1) is 0 Å². The molecule has 1 aromatic heterocycles. The van der Waals surface area contributed by atoms with Crippen LogP contribution in [-0.4, -0.2) is 28.1 Å². The van der Waals surface area contributed by atoms with Gasteiger partial charge >= 0.3 is 0 Å². The number of rotatable bonds is 2. The molecule has 0 saturated carbocycles. The third-order valence-corrected chi connectivity index (χ3v) is 3.21. The zero-order valence-corrected chi connectivity index (χ0v) is 10.5. The second-order valence-corrected chi connectivity index (χ2v) is 4.55. The number of hydrogen-bond donors (Lipinski definition) is 1. The number of nitrogens with one attached hydrogen (secondary N) is 1. The molecular formula is C13H17N5. The van der Waals surface area contributed by atoms with Gasteiger partial charge in [0.05, 0.1) is 12.7 Å². The molecule has 0 unspecified atom stereocenters. The number of aryl methyl sites for hydroxylation is 1. The number of fused-ring (bicyclic) bond motifs is 1. The molecule has 0 spiro atoms. The lowest BCUT2D eigenvalue weighted by atomic mass is 10.1. The van der Waals surface area contributed by atoms with Crippen LogP contribution >= 0.6 is 0 Å². The van der Waals surface area contributed by atoms with Crippen LogP contribution in [0.1, 0.15) is 11.3 Å². The van der Waals surface area contributed by atoms with Crippen molar-refractivity contribution in [2.75, 3.05) is 18.0 Å². The van der Waals surface area contributed by atoms with E-state index < -0.39 is 0 Å². The minimum Gasteiger partial charge on any atom is -0.364 e. The maximum atomic E-state index is 4.35. The highest BCUT2D eigenvalue weighted by molar-refractivity contribution is 5.54. The van der Waals surface area contributed by atoms with Gasteiger partial charge in [0.25, 0.3) is 0 Å². The summed E-state index contributed by atoms with van der Waals surface area (Å²) in [7, 11) is 1.85. The van der Waals surface area contributed by atoms with Crippen LogP contribution in [0.15, 0.2) is 30.5 Å². The Morgan fingerprint density at radius 2 is 2.22 bits per heavy atom. The molecule has 2 aromatic rings. The van der Waals surface area contributed by atoms with E-state index >= 15 is 0 Å². The topological polar surface area (TPSA) is 46.0 Å². The molecule has 18 heavy (non-hydrogen) atoms. The normalized spacial score (nSPS) is 15.3. The highest BCUT2D eigenvalue weighted by Gasteiger charge is 2.15. The van der Waals surface area contributed by atoms with Crippen molar-refractivity contribution >= 4 is 5.69 Å². The first-order valence-electron chi connectivity index (χ1n) is 6.22. The Balaban J connectivity index is 1.87. The van der Waals surface area contributed by atoms with Crippen molar-refractivity contribution in [3.63, 3.8) is 0 Å². The molecule has 94 valence electrons. The van der Waals surface area contributed by atoms with Gasteiger partial charge in [0.1, 0.15) is 5.69 Å². The molecule has 1 aromatic carbocycles. The van der Waals surface area contributed by atoms with E-state index in [4.69, 9.17) is 0 Å². The molecule has 2 heterocycles. The Kier molecular flexibility index (Phi) is 2.98. The van der Waals surface area contributed by atoms with Crippen molar-refractivity contribution in [3.8, 4) is 0 Å². The largest absolute Gasteiger partial charge is 0.364 e. The number of nitrogens with zero attached hydrogens (tertiary/aromatic N) is 4. The van der Waals surface area contributed by atoms with E-state index in [1.807, 2.05) is 13.2 Å². The Hall–Kier alpha value is -1.88. The van der Waals surface area contributed by atoms with Crippen LogP contribution in [0.3, 0.4) is 0 Å². The zero-order valence-electron chi connectivity index (χ0n) is 10.5. The van der Waals surface area contributed by atoms with E-state index in [1.165, 1.54) is 11.3 Å². The monoisotopic (exact) mass is 243 g/mol. The second-order valence-electron chi connectivity index (χ2n) is 4.55. The van der Waals surface area contributed by atoms with Crippen LogP contribution in [0.5, 0.6) is 0 Å². The molecule has 0 amide bonds. The van der Waals surface area contributed by atoms with Crippen molar-refractivity contribution in [1.82, 2.24) is 20.3 Å². The van der Waals surface area contributed by atoms with Gasteiger partial charge in [-0.25, -0.2) is 0 Å². The van der Waals surface area contributed by atoms with Crippen molar-refractivity contribution in [2.24, 2.45) is 7.05 Å². The molecule has 5 nitrogen and oxygen atoms in total. The lowest BCUT2D eigenvalue weighted by molar-refractivity contribution is 0.637. The highest BCUT2D eigenvalue weighted by atomic mass is 15.5. The number of aromatic nitrogens is 3. The summed E-state index contributed by atoms with van der Waals surface area (Å²) in [4.78, 5) is 3.97. The number of hydrogen-bond acceptors (Lipinski definition) is 4. The SMILES string of the molecule is Cn1ncc(CN2CCNCc3ccccc32)n1. The van der Waals surface area contributed by atoms with Crippen molar-refractivity contribution < 1.29 is 0 Å². The third kappa shape index (κ3) is 2.22. The average Bonchev–Trinajstić information content (AvgIpc) is 2.68. The van der Waals surface area contributed by atoms with Gasteiger partial charge in [-0.05, 0) is 11.6 Å². The Morgan fingerprint density at radius 1 is 1.33 bits per heavy atom. The van der Waals surface area contributed by atoms with Crippen LogP contribution in [0.4, 0.5) is 5.69 Å². The van der Waals surface area contributed by atoms with Crippen molar-refractivity contribution in [1.29, 1.82) is 0 Å². The molecule has 0 radical (unpaired) electrons. The van der Waals surface area contributed by atoms with Gasteiger partial charge in [-0.1, -0.05) is 18.2 Å². The maximum Gasteiger partial charge on any atom is 0.102 e. The van der Waals surface area contributed by atoms with E-state index in [0.717, 1.165) is 31.9 Å². The van der Waals surface area contributed by atoms with Gasteiger partial charge in [-0.3, -0.25) is 0 Å². The molecule has 0 fully saturated rings. The summed E-state index contributed by atoms with van der Waals surface area (Å²) in [5, 5.41) is 11.9. The molecule has 0 bridgehead atoms. The molecule has 1 aliphatic heterocycles. The summed E-state index contributed by atoms with van der Waals surface area (Å²) in [6, 6.07) is 8.54. The van der Waals surface area contributed by atoms with E-state index in [-0.39, 0.29) is 0 Å². The van der Waals surface area contributed by atoms with E-state index in [1.54, 1.807) is 4.80 Å². The van der Waals surface area contributed by atoms with Crippen LogP contribution in [0.25, 0.3) is 0 Å². The van der Waals surface area contributed by atoms with Gasteiger partial charge in [-0.15, -0.1) is 0 Å². The number of para-hydroxylation sites is 1. The Bertz CT molecular complexity index is 534. The first kappa shape index (κ1) is 11.2.